The Hall–Kier alpha value is -2.32. The minimum absolute atomic E-state index is 0.214. The molecule has 2 aliphatic carbocycles. The second kappa shape index (κ2) is 7.87. The number of alkyl halides is 3. The van der Waals surface area contributed by atoms with Crippen LogP contribution in [0, 0.1) is 23.2 Å². The minimum Gasteiger partial charge on any atom is -0.308 e. The third-order valence-electron chi connectivity index (χ3n) is 9.32. The Balaban J connectivity index is 1.39. The van der Waals surface area contributed by atoms with Crippen LogP contribution >= 0.6 is 0 Å². The van der Waals surface area contributed by atoms with Crippen molar-refractivity contribution in [1.29, 1.82) is 5.26 Å². The van der Waals surface area contributed by atoms with E-state index in [9.17, 15) is 18.4 Å². The average Bonchev–Trinajstić information content (AvgIpc) is 3.35. The van der Waals surface area contributed by atoms with Gasteiger partial charge in [-0.15, -0.1) is 0 Å². The fraction of sp³-hybridized carbons (Fsp3) is 0.536. The highest BCUT2D eigenvalue weighted by atomic mass is 19.4. The van der Waals surface area contributed by atoms with E-state index in [0.29, 0.717) is 24.4 Å². The molecule has 2 aromatic rings. The van der Waals surface area contributed by atoms with Gasteiger partial charge >= 0.3 is 6.18 Å². The van der Waals surface area contributed by atoms with Gasteiger partial charge in [-0.25, -0.2) is 0 Å². The first-order valence-corrected chi connectivity index (χ1v) is 12.2. The van der Waals surface area contributed by atoms with E-state index in [1.807, 2.05) is 36.4 Å². The van der Waals surface area contributed by atoms with Gasteiger partial charge in [-0.3, -0.25) is 0 Å². The number of benzene rings is 2. The van der Waals surface area contributed by atoms with Gasteiger partial charge < -0.3 is 4.48 Å². The summed E-state index contributed by atoms with van der Waals surface area (Å²) in [7, 11) is 2.20. The van der Waals surface area contributed by atoms with Crippen LogP contribution in [0.5, 0.6) is 0 Å². The monoisotopic (exact) mass is 453 g/mol. The predicted molar refractivity (Wildman–Crippen MR) is 122 cm³/mol. The van der Waals surface area contributed by atoms with E-state index in [4.69, 9.17) is 0 Å². The van der Waals surface area contributed by atoms with E-state index in [2.05, 4.69) is 37.4 Å². The van der Waals surface area contributed by atoms with Crippen molar-refractivity contribution >= 4 is 0 Å². The van der Waals surface area contributed by atoms with Crippen LogP contribution < -0.4 is 0 Å². The number of likely N-dealkylation sites (tertiary alicyclic amines) is 1. The van der Waals surface area contributed by atoms with Crippen LogP contribution in [0.4, 0.5) is 13.2 Å². The molecule has 5 heteroatoms. The summed E-state index contributed by atoms with van der Waals surface area (Å²) in [6, 6.07) is 23.3. The van der Waals surface area contributed by atoms with Crippen molar-refractivity contribution < 1.29 is 17.7 Å². The molecule has 1 heterocycles. The van der Waals surface area contributed by atoms with Crippen molar-refractivity contribution in [2.45, 2.75) is 68.1 Å². The molecule has 3 fully saturated rings. The van der Waals surface area contributed by atoms with Gasteiger partial charge in [-0.2, -0.15) is 18.4 Å². The summed E-state index contributed by atoms with van der Waals surface area (Å²) in [4.78, 5) is 0. The van der Waals surface area contributed by atoms with E-state index < -0.39 is 18.0 Å². The summed E-state index contributed by atoms with van der Waals surface area (Å²) in [5, 5.41) is 10.6. The average molecular weight is 454 g/mol. The zero-order valence-electron chi connectivity index (χ0n) is 19.2. The summed E-state index contributed by atoms with van der Waals surface area (Å²) >= 11 is 0. The quantitative estimate of drug-likeness (QED) is 0.342. The van der Waals surface area contributed by atoms with Crippen molar-refractivity contribution in [1.82, 2.24) is 0 Å². The second-order valence-electron chi connectivity index (χ2n) is 10.7. The summed E-state index contributed by atoms with van der Waals surface area (Å²) in [6.45, 7) is 0.619. The first kappa shape index (κ1) is 22.5. The maximum Gasteiger partial charge on any atom is 0.389 e. The zero-order valence-corrected chi connectivity index (χ0v) is 19.2. The number of rotatable bonds is 7. The molecule has 0 radical (unpaired) electrons. The van der Waals surface area contributed by atoms with Crippen LogP contribution in [0.2, 0.25) is 0 Å². The molecular weight excluding hydrogens is 421 g/mol. The highest BCUT2D eigenvalue weighted by Crippen LogP contribution is 2.70. The van der Waals surface area contributed by atoms with Crippen LogP contribution in [-0.2, 0) is 5.41 Å². The lowest BCUT2D eigenvalue weighted by molar-refractivity contribution is -0.828. The van der Waals surface area contributed by atoms with Gasteiger partial charge in [-0.05, 0) is 36.3 Å². The van der Waals surface area contributed by atoms with Crippen LogP contribution in [0.25, 0.3) is 0 Å². The molecule has 2 saturated carbocycles. The topological polar surface area (TPSA) is 23.8 Å². The Bertz CT molecular complexity index is 989. The Morgan fingerprint density at radius 1 is 1.00 bits per heavy atom. The first-order chi connectivity index (χ1) is 15.8. The maximum atomic E-state index is 12.8. The molecule has 0 bridgehead atoms. The van der Waals surface area contributed by atoms with E-state index in [-0.39, 0.29) is 12.0 Å². The molecule has 2 aromatic carbocycles. The summed E-state index contributed by atoms with van der Waals surface area (Å²) in [5.74, 6) is 0.983. The highest BCUT2D eigenvalue weighted by molar-refractivity contribution is 5.46. The van der Waals surface area contributed by atoms with Gasteiger partial charge in [0.15, 0.2) is 5.54 Å². The first-order valence-electron chi connectivity index (χ1n) is 12.2. The van der Waals surface area contributed by atoms with Crippen molar-refractivity contribution in [3.05, 3.63) is 71.8 Å². The van der Waals surface area contributed by atoms with Gasteiger partial charge in [0, 0.05) is 31.6 Å². The fourth-order valence-electron chi connectivity index (χ4n) is 7.71. The third-order valence-corrected chi connectivity index (χ3v) is 9.32. The number of halogens is 3. The predicted octanol–water partition coefficient (Wildman–Crippen LogP) is 6.62. The minimum atomic E-state index is -4.07. The molecule has 0 N–H and O–H groups in total. The van der Waals surface area contributed by atoms with Crippen molar-refractivity contribution in [3.63, 3.8) is 0 Å². The number of nitrogens with zero attached hydrogens (tertiary/aromatic N) is 2. The lowest BCUT2D eigenvalue weighted by Gasteiger charge is -2.42. The number of likely N-dealkylation sites (N-methyl/N-ethyl adjacent to an activating group) is 1. The Labute approximate surface area is 194 Å². The molecule has 5 rings (SSSR count). The van der Waals surface area contributed by atoms with Crippen molar-refractivity contribution in [2.75, 3.05) is 13.6 Å². The van der Waals surface area contributed by atoms with Crippen molar-refractivity contribution in [3.8, 4) is 6.07 Å². The summed E-state index contributed by atoms with van der Waals surface area (Å²) < 4.78 is 39.2. The smallest absolute Gasteiger partial charge is 0.308 e. The number of hydrogen-bond acceptors (Lipinski definition) is 1. The maximum absolute atomic E-state index is 12.8. The Morgan fingerprint density at radius 3 is 2.09 bits per heavy atom. The molecular formula is C28H32F3N2+. The third kappa shape index (κ3) is 3.49. The summed E-state index contributed by atoms with van der Waals surface area (Å²) in [5.41, 5.74) is 1.58. The van der Waals surface area contributed by atoms with Crippen LogP contribution in [0.15, 0.2) is 60.7 Å². The van der Waals surface area contributed by atoms with E-state index >= 15 is 0 Å². The molecule has 33 heavy (non-hydrogen) atoms. The molecule has 3 aliphatic rings. The molecule has 2 unspecified atom stereocenters. The van der Waals surface area contributed by atoms with Gasteiger partial charge in [0.05, 0.1) is 19.7 Å². The fourth-order valence-corrected chi connectivity index (χ4v) is 7.71. The normalized spacial score (nSPS) is 32.8. The molecule has 5 atom stereocenters. The van der Waals surface area contributed by atoms with E-state index in [0.717, 1.165) is 41.3 Å². The molecule has 2 nitrogen and oxygen atoms in total. The van der Waals surface area contributed by atoms with Gasteiger partial charge in [0.2, 0.25) is 0 Å². The standard InChI is InChI=1S/C28H32F3N2/c1-33(16-8-14-28(29,30)31)25-18-21(17-24-13-15-27(24,25)33)19-26(20-32,22-9-4-2-5-10-22)23-11-6-3-7-12-23/h2-7,9-12,21,24-25H,8,13-19H2,1H3/q+1/t21-,24+,25+,27?,33?/m1/s1. The number of hydrogen-bond donors (Lipinski definition) is 0. The lowest BCUT2D eigenvalue weighted by atomic mass is 9.58. The van der Waals surface area contributed by atoms with Gasteiger partial charge in [0.1, 0.15) is 11.5 Å². The van der Waals surface area contributed by atoms with Crippen LogP contribution in [-0.4, -0.2) is 35.8 Å². The Morgan fingerprint density at radius 2 is 1.61 bits per heavy atom. The molecule has 1 spiro atoms. The van der Waals surface area contributed by atoms with Crippen molar-refractivity contribution in [2.24, 2.45) is 11.8 Å². The van der Waals surface area contributed by atoms with E-state index in [1.165, 1.54) is 6.42 Å². The van der Waals surface area contributed by atoms with Gasteiger partial charge in [0.25, 0.3) is 0 Å². The summed E-state index contributed by atoms with van der Waals surface area (Å²) in [6.07, 6.45) is 0.660. The van der Waals surface area contributed by atoms with Crippen LogP contribution in [0.3, 0.4) is 0 Å². The zero-order chi connectivity index (χ0) is 23.3. The largest absolute Gasteiger partial charge is 0.389 e. The molecule has 174 valence electrons. The van der Waals surface area contributed by atoms with E-state index in [1.54, 1.807) is 0 Å². The van der Waals surface area contributed by atoms with Crippen LogP contribution in [0.1, 0.15) is 56.1 Å². The molecule has 1 saturated heterocycles. The SMILES string of the molecule is C[N+]1(CCCC(F)(F)F)[C@H]2C[C@H](CC(C#N)(c3ccccc3)c3ccccc3)C[C@@H]3CCC321. The highest BCUT2D eigenvalue weighted by Gasteiger charge is 2.83. The second-order valence-corrected chi connectivity index (χ2v) is 10.7. The van der Waals surface area contributed by atoms with Gasteiger partial charge in [-0.1, -0.05) is 60.7 Å². The number of nitriles is 1. The lowest BCUT2D eigenvalue weighted by Crippen LogP contribution is -2.48. The number of quaternary nitrogens is 1. The molecule has 0 aromatic heterocycles. The Kier molecular flexibility index (Phi) is 5.36. The molecule has 1 aliphatic heterocycles. The molecule has 0 amide bonds.